The lowest BCUT2D eigenvalue weighted by Gasteiger charge is -2.26. The van der Waals surface area contributed by atoms with Crippen LogP contribution in [0.3, 0.4) is 0 Å². The van der Waals surface area contributed by atoms with Crippen molar-refractivity contribution < 1.29 is 13.9 Å². The molecular formula is C20H21N3O3. The van der Waals surface area contributed by atoms with E-state index in [1.54, 1.807) is 13.4 Å². The number of hydrogen-bond acceptors (Lipinski definition) is 4. The van der Waals surface area contributed by atoms with Gasteiger partial charge in [0.05, 0.1) is 12.3 Å². The summed E-state index contributed by atoms with van der Waals surface area (Å²) in [7, 11) is 1.67. The van der Waals surface area contributed by atoms with Crippen molar-refractivity contribution in [3.63, 3.8) is 0 Å². The topological polar surface area (TPSA) is 71.4 Å². The van der Waals surface area contributed by atoms with Gasteiger partial charge >= 0.3 is 0 Å². The predicted molar refractivity (Wildman–Crippen MR) is 96.8 cm³/mol. The van der Waals surface area contributed by atoms with Gasteiger partial charge in [-0.1, -0.05) is 29.8 Å². The van der Waals surface area contributed by atoms with E-state index in [0.717, 1.165) is 23.2 Å². The molecule has 3 aromatic rings. The van der Waals surface area contributed by atoms with Crippen LogP contribution in [-0.2, 0) is 4.74 Å². The fraction of sp³-hybridized carbons (Fsp3) is 0.300. The average Bonchev–Trinajstić information content (AvgIpc) is 3.35. The Morgan fingerprint density at radius 3 is 2.77 bits per heavy atom. The van der Waals surface area contributed by atoms with E-state index in [1.807, 2.05) is 17.0 Å². The van der Waals surface area contributed by atoms with Crippen LogP contribution in [0.2, 0.25) is 0 Å². The zero-order valence-corrected chi connectivity index (χ0v) is 14.9. The smallest absolute Gasteiger partial charge is 0.275 e. The molecule has 1 aliphatic heterocycles. The summed E-state index contributed by atoms with van der Waals surface area (Å²) < 4.78 is 10.7. The van der Waals surface area contributed by atoms with Gasteiger partial charge in [-0.3, -0.25) is 9.89 Å². The third-order valence-electron chi connectivity index (χ3n) is 4.76. The molecule has 0 fully saturated rings. The molecule has 0 spiro atoms. The maximum atomic E-state index is 13.0. The number of amides is 1. The van der Waals surface area contributed by atoms with Gasteiger partial charge in [-0.2, -0.15) is 5.10 Å². The van der Waals surface area contributed by atoms with E-state index in [0.29, 0.717) is 24.6 Å². The van der Waals surface area contributed by atoms with Crippen LogP contribution in [0.5, 0.6) is 0 Å². The highest BCUT2D eigenvalue weighted by atomic mass is 16.5. The van der Waals surface area contributed by atoms with Gasteiger partial charge in [-0.05, 0) is 31.0 Å². The molecule has 6 heteroatoms. The first-order chi connectivity index (χ1) is 12.7. The van der Waals surface area contributed by atoms with Crippen molar-refractivity contribution >= 4 is 5.91 Å². The van der Waals surface area contributed by atoms with Crippen molar-refractivity contribution in [2.45, 2.75) is 19.4 Å². The molecule has 0 saturated heterocycles. The number of hydrogen-bond donors (Lipinski definition) is 1. The summed E-state index contributed by atoms with van der Waals surface area (Å²) in [5, 5.41) is 7.29. The van der Waals surface area contributed by atoms with Crippen LogP contribution in [0.25, 0.3) is 11.5 Å². The minimum Gasteiger partial charge on any atom is -0.463 e. The number of nitrogens with one attached hydrogen (secondary N) is 1. The van der Waals surface area contributed by atoms with Crippen LogP contribution in [-0.4, -0.2) is 41.3 Å². The molecule has 0 aliphatic carbocycles. The fourth-order valence-corrected chi connectivity index (χ4v) is 3.50. The van der Waals surface area contributed by atoms with Gasteiger partial charge in [0, 0.05) is 25.8 Å². The van der Waals surface area contributed by atoms with Crippen LogP contribution in [0.15, 0.2) is 47.1 Å². The Kier molecular flexibility index (Phi) is 4.34. The van der Waals surface area contributed by atoms with Crippen molar-refractivity contribution in [1.29, 1.82) is 0 Å². The van der Waals surface area contributed by atoms with Crippen LogP contribution >= 0.6 is 0 Å². The van der Waals surface area contributed by atoms with Crippen LogP contribution in [0, 0.1) is 6.92 Å². The van der Waals surface area contributed by atoms with Gasteiger partial charge < -0.3 is 14.1 Å². The Morgan fingerprint density at radius 2 is 2.08 bits per heavy atom. The number of aromatic amines is 1. The first-order valence-electron chi connectivity index (χ1n) is 8.69. The summed E-state index contributed by atoms with van der Waals surface area (Å²) in [6, 6.07) is 11.8. The molecule has 134 valence electrons. The summed E-state index contributed by atoms with van der Waals surface area (Å²) in [6.07, 6.45) is 2.39. The zero-order chi connectivity index (χ0) is 18.1. The average molecular weight is 351 g/mol. The third-order valence-corrected chi connectivity index (χ3v) is 4.76. The molecule has 3 heterocycles. The molecule has 4 rings (SSSR count). The summed E-state index contributed by atoms with van der Waals surface area (Å²) >= 11 is 0. The summed E-state index contributed by atoms with van der Waals surface area (Å²) in [4.78, 5) is 14.9. The quantitative estimate of drug-likeness (QED) is 0.689. The second-order valence-corrected chi connectivity index (χ2v) is 6.50. The summed E-state index contributed by atoms with van der Waals surface area (Å²) in [6.45, 7) is 3.27. The Balaban J connectivity index is 1.80. The van der Waals surface area contributed by atoms with Crippen molar-refractivity contribution in [2.75, 3.05) is 20.3 Å². The highest BCUT2D eigenvalue weighted by Crippen LogP contribution is 2.42. The molecular weight excluding hydrogens is 330 g/mol. The molecule has 1 N–H and O–H groups in total. The number of methoxy groups -OCH3 is 1. The number of aryl methyl sites for hydroxylation is 1. The van der Waals surface area contributed by atoms with Crippen LogP contribution in [0.4, 0.5) is 0 Å². The lowest BCUT2D eigenvalue weighted by Crippen LogP contribution is -2.31. The highest BCUT2D eigenvalue weighted by Gasteiger charge is 2.42. The minimum atomic E-state index is -0.186. The Hall–Kier alpha value is -2.86. The number of H-pyrrole nitrogens is 1. The first-order valence-corrected chi connectivity index (χ1v) is 8.69. The lowest BCUT2D eigenvalue weighted by molar-refractivity contribution is 0.0723. The molecule has 6 nitrogen and oxygen atoms in total. The number of rotatable bonds is 6. The van der Waals surface area contributed by atoms with Gasteiger partial charge in [-0.15, -0.1) is 0 Å². The van der Waals surface area contributed by atoms with Gasteiger partial charge in [-0.25, -0.2) is 0 Å². The Bertz CT molecular complexity index is 897. The largest absolute Gasteiger partial charge is 0.463 e. The summed E-state index contributed by atoms with van der Waals surface area (Å²) in [5.41, 5.74) is 4.36. The van der Waals surface area contributed by atoms with E-state index < -0.39 is 0 Å². The number of nitrogens with zero attached hydrogens (tertiary/aromatic N) is 2. The molecule has 1 atom stereocenters. The van der Waals surface area contributed by atoms with Crippen molar-refractivity contribution in [2.24, 2.45) is 0 Å². The second-order valence-electron chi connectivity index (χ2n) is 6.50. The van der Waals surface area contributed by atoms with Crippen molar-refractivity contribution in [3.05, 3.63) is 65.0 Å². The molecule has 0 bridgehead atoms. The van der Waals surface area contributed by atoms with E-state index in [-0.39, 0.29) is 11.9 Å². The normalized spacial score (nSPS) is 16.3. The van der Waals surface area contributed by atoms with E-state index in [2.05, 4.69) is 41.4 Å². The third kappa shape index (κ3) is 2.72. The van der Waals surface area contributed by atoms with Crippen molar-refractivity contribution in [3.8, 4) is 11.5 Å². The monoisotopic (exact) mass is 351 g/mol. The van der Waals surface area contributed by atoms with E-state index >= 15 is 0 Å². The second kappa shape index (κ2) is 6.80. The number of carbonyl (C=O) groups is 1. The molecule has 26 heavy (non-hydrogen) atoms. The van der Waals surface area contributed by atoms with E-state index in [1.165, 1.54) is 5.56 Å². The van der Waals surface area contributed by atoms with Crippen molar-refractivity contribution in [1.82, 2.24) is 15.1 Å². The van der Waals surface area contributed by atoms with Gasteiger partial charge in [0.1, 0.15) is 5.69 Å². The van der Waals surface area contributed by atoms with Gasteiger partial charge in [0.2, 0.25) is 0 Å². The zero-order valence-electron chi connectivity index (χ0n) is 14.9. The number of fused-ring (bicyclic) bond motifs is 1. The maximum Gasteiger partial charge on any atom is 0.275 e. The number of ether oxygens (including phenoxy) is 1. The van der Waals surface area contributed by atoms with E-state index in [9.17, 15) is 4.79 Å². The summed E-state index contributed by atoms with van der Waals surface area (Å²) in [5.74, 6) is 0.623. The predicted octanol–water partition coefficient (Wildman–Crippen LogP) is 3.56. The number of aromatic nitrogens is 2. The minimum absolute atomic E-state index is 0.0595. The lowest BCUT2D eigenvalue weighted by atomic mass is 9.97. The molecule has 1 aromatic carbocycles. The fourth-order valence-electron chi connectivity index (χ4n) is 3.50. The molecule has 1 aliphatic rings. The number of benzene rings is 1. The SMILES string of the molecule is COCCCN1C(=O)c2n[nH]c(-c3ccco3)c2C1c1ccc(C)cc1. The molecule has 1 unspecified atom stereocenters. The Labute approximate surface area is 151 Å². The Morgan fingerprint density at radius 1 is 1.27 bits per heavy atom. The van der Waals surface area contributed by atoms with Crippen LogP contribution < -0.4 is 0 Å². The maximum absolute atomic E-state index is 13.0. The van der Waals surface area contributed by atoms with Gasteiger partial charge in [0.25, 0.3) is 5.91 Å². The standard InChI is InChI=1S/C20H21N3O3/c1-13-6-8-14(9-7-13)19-16-17(15-5-3-12-26-15)21-22-18(16)20(24)23(19)10-4-11-25-2/h3,5-9,12,19H,4,10-11H2,1-2H3,(H,21,22). The molecule has 1 amide bonds. The molecule has 0 radical (unpaired) electrons. The van der Waals surface area contributed by atoms with E-state index in [4.69, 9.17) is 9.15 Å². The van der Waals surface area contributed by atoms with Gasteiger partial charge in [0.15, 0.2) is 11.5 Å². The molecule has 2 aromatic heterocycles. The number of furan rings is 1. The molecule has 0 saturated carbocycles. The highest BCUT2D eigenvalue weighted by molar-refractivity contribution is 5.99. The number of carbonyl (C=O) groups excluding carboxylic acids is 1. The van der Waals surface area contributed by atoms with Crippen LogP contribution in [0.1, 0.15) is 39.6 Å². The first kappa shape index (κ1) is 16.6.